The Morgan fingerprint density at radius 1 is 1.31 bits per heavy atom. The first-order valence-electron chi connectivity index (χ1n) is 4.69. The van der Waals surface area contributed by atoms with E-state index in [2.05, 4.69) is 0 Å². The van der Waals surface area contributed by atoms with Gasteiger partial charge in [-0.25, -0.2) is 0 Å². The van der Waals surface area contributed by atoms with Crippen molar-refractivity contribution in [3.05, 3.63) is 23.8 Å². The van der Waals surface area contributed by atoms with E-state index in [1.807, 2.05) is 0 Å². The second kappa shape index (κ2) is 5.48. The van der Waals surface area contributed by atoms with Crippen molar-refractivity contribution in [1.29, 1.82) is 0 Å². The molecular weight excluding hydrogens is 212 g/mol. The molecule has 0 radical (unpaired) electrons. The normalized spacial score (nSPS) is 12.0. The van der Waals surface area contributed by atoms with Crippen molar-refractivity contribution in [2.45, 2.75) is 6.10 Å². The van der Waals surface area contributed by atoms with Crippen LogP contribution in [-0.4, -0.2) is 42.9 Å². The van der Waals surface area contributed by atoms with Crippen LogP contribution in [0.3, 0.4) is 0 Å². The number of benzene rings is 1. The highest BCUT2D eigenvalue weighted by Gasteiger charge is 2.17. The first kappa shape index (κ1) is 12.5. The largest absolute Gasteiger partial charge is 0.493 e. The predicted octanol–water partition coefficient (Wildman–Crippen LogP) is 0.240. The van der Waals surface area contributed by atoms with E-state index in [1.54, 1.807) is 6.07 Å². The van der Waals surface area contributed by atoms with Gasteiger partial charge in [0.25, 0.3) is 0 Å². The lowest BCUT2D eigenvalue weighted by molar-refractivity contribution is 0.0587. The summed E-state index contributed by atoms with van der Waals surface area (Å²) < 4.78 is 10.0. The maximum absolute atomic E-state index is 11.5. The predicted molar refractivity (Wildman–Crippen MR) is 57.0 cm³/mol. The fourth-order valence-electron chi connectivity index (χ4n) is 1.26. The molecule has 1 rings (SSSR count). The molecule has 1 aromatic carbocycles. The standard InChI is InChI=1S/C11H14O5/c1-15-9-4-3-7(5-10(9)16-2)11(14)8(13)6-12/h3-5,8,12-13H,6H2,1-2H3/t8-/m1/s1. The molecule has 0 amide bonds. The highest BCUT2D eigenvalue weighted by molar-refractivity contribution is 5.99. The zero-order valence-electron chi connectivity index (χ0n) is 9.14. The van der Waals surface area contributed by atoms with Crippen molar-refractivity contribution in [2.24, 2.45) is 0 Å². The van der Waals surface area contributed by atoms with Gasteiger partial charge >= 0.3 is 0 Å². The van der Waals surface area contributed by atoms with Crippen molar-refractivity contribution >= 4 is 5.78 Å². The summed E-state index contributed by atoms with van der Waals surface area (Å²) in [5.74, 6) is 0.347. The SMILES string of the molecule is COc1ccc(C(=O)[C@H](O)CO)cc1OC. The number of carbonyl (C=O) groups excluding carboxylic acids is 1. The number of methoxy groups -OCH3 is 2. The molecule has 16 heavy (non-hydrogen) atoms. The van der Waals surface area contributed by atoms with Gasteiger partial charge in [-0.15, -0.1) is 0 Å². The van der Waals surface area contributed by atoms with Crippen LogP contribution in [0, 0.1) is 0 Å². The van der Waals surface area contributed by atoms with Gasteiger partial charge in [0.1, 0.15) is 6.10 Å². The molecule has 0 fully saturated rings. The monoisotopic (exact) mass is 226 g/mol. The van der Waals surface area contributed by atoms with Crippen LogP contribution in [0.15, 0.2) is 18.2 Å². The lowest BCUT2D eigenvalue weighted by Gasteiger charge is -2.10. The number of rotatable bonds is 5. The summed E-state index contributed by atoms with van der Waals surface area (Å²) in [4.78, 5) is 11.5. The molecule has 0 aliphatic carbocycles. The summed E-state index contributed by atoms with van der Waals surface area (Å²) in [7, 11) is 2.94. The number of ether oxygens (including phenoxy) is 2. The van der Waals surface area contributed by atoms with E-state index in [0.717, 1.165) is 0 Å². The number of Topliss-reactive ketones (excluding diaryl/α,β-unsaturated/α-hetero) is 1. The Kier molecular flexibility index (Phi) is 4.28. The number of hydrogen-bond donors (Lipinski definition) is 2. The highest BCUT2D eigenvalue weighted by Crippen LogP contribution is 2.27. The quantitative estimate of drug-likeness (QED) is 0.703. The molecule has 0 spiro atoms. The molecule has 1 atom stereocenters. The topological polar surface area (TPSA) is 76.0 Å². The van der Waals surface area contributed by atoms with E-state index in [-0.39, 0.29) is 5.56 Å². The summed E-state index contributed by atoms with van der Waals surface area (Å²) in [5.41, 5.74) is 0.263. The van der Waals surface area contributed by atoms with Crippen molar-refractivity contribution in [2.75, 3.05) is 20.8 Å². The molecule has 88 valence electrons. The third kappa shape index (κ3) is 2.50. The van der Waals surface area contributed by atoms with E-state index in [1.165, 1.54) is 26.4 Å². The maximum Gasteiger partial charge on any atom is 0.193 e. The molecule has 0 aromatic heterocycles. The number of carbonyl (C=O) groups is 1. The Bertz CT molecular complexity index is 375. The average molecular weight is 226 g/mol. The van der Waals surface area contributed by atoms with E-state index >= 15 is 0 Å². The zero-order chi connectivity index (χ0) is 12.1. The minimum absolute atomic E-state index is 0.263. The van der Waals surface area contributed by atoms with Gasteiger partial charge in [-0.3, -0.25) is 4.79 Å². The Morgan fingerprint density at radius 3 is 2.44 bits per heavy atom. The van der Waals surface area contributed by atoms with Gasteiger partial charge in [0.05, 0.1) is 20.8 Å². The van der Waals surface area contributed by atoms with Gasteiger partial charge in [0.15, 0.2) is 17.3 Å². The average Bonchev–Trinajstić information content (AvgIpc) is 2.35. The van der Waals surface area contributed by atoms with Crippen LogP contribution < -0.4 is 9.47 Å². The van der Waals surface area contributed by atoms with Gasteiger partial charge < -0.3 is 19.7 Å². The van der Waals surface area contributed by atoms with Crippen LogP contribution in [0.4, 0.5) is 0 Å². The smallest absolute Gasteiger partial charge is 0.193 e. The van der Waals surface area contributed by atoms with Gasteiger partial charge in [-0.05, 0) is 18.2 Å². The van der Waals surface area contributed by atoms with Crippen molar-refractivity contribution < 1.29 is 24.5 Å². The summed E-state index contributed by atoms with van der Waals surface area (Å²) in [5, 5.41) is 17.9. The van der Waals surface area contributed by atoms with Crippen LogP contribution in [0.25, 0.3) is 0 Å². The molecule has 2 N–H and O–H groups in total. The van der Waals surface area contributed by atoms with E-state index < -0.39 is 18.5 Å². The Morgan fingerprint density at radius 2 is 1.94 bits per heavy atom. The first-order chi connectivity index (χ1) is 7.63. The summed E-state index contributed by atoms with van der Waals surface area (Å²) in [6.07, 6.45) is -1.40. The van der Waals surface area contributed by atoms with Gasteiger partial charge in [0, 0.05) is 5.56 Å². The Hall–Kier alpha value is -1.59. The number of aliphatic hydroxyl groups excluding tert-OH is 2. The third-order valence-electron chi connectivity index (χ3n) is 2.14. The molecule has 1 aromatic rings. The minimum Gasteiger partial charge on any atom is -0.493 e. The first-order valence-corrected chi connectivity index (χ1v) is 4.69. The fraction of sp³-hybridized carbons (Fsp3) is 0.364. The maximum atomic E-state index is 11.5. The molecular formula is C11H14O5. The molecule has 0 unspecified atom stereocenters. The Balaban J connectivity index is 3.03. The second-order valence-corrected chi connectivity index (χ2v) is 3.13. The molecule has 0 aliphatic rings. The van der Waals surface area contributed by atoms with Crippen molar-refractivity contribution in [3.8, 4) is 11.5 Å². The van der Waals surface area contributed by atoms with Crippen LogP contribution in [0.1, 0.15) is 10.4 Å². The molecule has 0 bridgehead atoms. The van der Waals surface area contributed by atoms with Gasteiger partial charge in [0.2, 0.25) is 0 Å². The van der Waals surface area contributed by atoms with Crippen LogP contribution >= 0.6 is 0 Å². The molecule has 0 saturated heterocycles. The molecule has 0 saturated carbocycles. The van der Waals surface area contributed by atoms with E-state index in [4.69, 9.17) is 14.6 Å². The molecule has 5 nitrogen and oxygen atoms in total. The fourth-order valence-corrected chi connectivity index (χ4v) is 1.26. The molecule has 0 heterocycles. The van der Waals surface area contributed by atoms with Crippen molar-refractivity contribution in [3.63, 3.8) is 0 Å². The van der Waals surface area contributed by atoms with Crippen LogP contribution in [0.2, 0.25) is 0 Å². The summed E-state index contributed by atoms with van der Waals surface area (Å²) in [6.45, 7) is -0.604. The van der Waals surface area contributed by atoms with Crippen LogP contribution in [0.5, 0.6) is 11.5 Å². The van der Waals surface area contributed by atoms with Gasteiger partial charge in [-0.2, -0.15) is 0 Å². The summed E-state index contributed by atoms with van der Waals surface area (Å²) >= 11 is 0. The highest BCUT2D eigenvalue weighted by atomic mass is 16.5. The number of aliphatic hydroxyl groups is 2. The number of ketones is 1. The summed E-state index contributed by atoms with van der Waals surface area (Å²) in [6, 6.07) is 4.53. The third-order valence-corrected chi connectivity index (χ3v) is 2.14. The Labute approximate surface area is 93.2 Å². The minimum atomic E-state index is -1.40. The van der Waals surface area contributed by atoms with E-state index in [9.17, 15) is 9.90 Å². The zero-order valence-corrected chi connectivity index (χ0v) is 9.14. The van der Waals surface area contributed by atoms with E-state index in [0.29, 0.717) is 11.5 Å². The molecule has 5 heteroatoms. The van der Waals surface area contributed by atoms with Crippen molar-refractivity contribution in [1.82, 2.24) is 0 Å². The lowest BCUT2D eigenvalue weighted by atomic mass is 10.1. The lowest BCUT2D eigenvalue weighted by Crippen LogP contribution is -2.24. The van der Waals surface area contributed by atoms with Crippen LogP contribution in [-0.2, 0) is 0 Å². The number of hydrogen-bond acceptors (Lipinski definition) is 5. The molecule has 0 aliphatic heterocycles. The van der Waals surface area contributed by atoms with Gasteiger partial charge in [-0.1, -0.05) is 0 Å². The second-order valence-electron chi connectivity index (χ2n) is 3.13.